The number of methoxy groups -OCH3 is 1. The van der Waals surface area contributed by atoms with Crippen molar-refractivity contribution in [1.29, 1.82) is 0 Å². The Hall–Kier alpha value is -2.69. The first-order valence-electron chi connectivity index (χ1n) is 6.53. The fraction of sp³-hybridized carbons (Fsp3) is 0.188. The Bertz CT molecular complexity index is 623. The number of carbonyl (C=O) groups excluding carboxylic acids is 1. The van der Waals surface area contributed by atoms with Gasteiger partial charge in [-0.05, 0) is 43.3 Å². The molecule has 0 aromatic heterocycles. The molecular formula is C16H17NO4. The van der Waals surface area contributed by atoms with Crippen LogP contribution in [0.15, 0.2) is 42.5 Å². The van der Waals surface area contributed by atoms with Crippen molar-refractivity contribution < 1.29 is 19.0 Å². The summed E-state index contributed by atoms with van der Waals surface area (Å²) in [6, 6.07) is 12.1. The minimum atomic E-state index is -0.496. The highest BCUT2D eigenvalue weighted by Crippen LogP contribution is 2.31. The van der Waals surface area contributed by atoms with E-state index < -0.39 is 5.97 Å². The van der Waals surface area contributed by atoms with Crippen LogP contribution in [0.1, 0.15) is 17.3 Å². The third-order valence-corrected chi connectivity index (χ3v) is 2.83. The van der Waals surface area contributed by atoms with Crippen LogP contribution in [0.5, 0.6) is 17.2 Å². The number of carbonyl (C=O) groups is 1. The molecule has 0 radical (unpaired) electrons. The highest BCUT2D eigenvalue weighted by atomic mass is 16.5. The SMILES string of the molecule is CCOc1ccc(Oc2cccc(C(=O)OC)c2N)cc1. The molecule has 5 nitrogen and oxygen atoms in total. The Morgan fingerprint density at radius 2 is 1.76 bits per heavy atom. The van der Waals surface area contributed by atoms with Crippen molar-refractivity contribution in [2.45, 2.75) is 6.92 Å². The van der Waals surface area contributed by atoms with Gasteiger partial charge in [0.05, 0.1) is 25.0 Å². The van der Waals surface area contributed by atoms with Gasteiger partial charge in [0.25, 0.3) is 0 Å². The molecule has 0 unspecified atom stereocenters. The van der Waals surface area contributed by atoms with Crippen LogP contribution in [0, 0.1) is 0 Å². The van der Waals surface area contributed by atoms with Gasteiger partial charge in [-0.2, -0.15) is 0 Å². The maximum atomic E-state index is 11.6. The van der Waals surface area contributed by atoms with Gasteiger partial charge < -0.3 is 19.9 Å². The van der Waals surface area contributed by atoms with E-state index in [-0.39, 0.29) is 11.3 Å². The van der Waals surface area contributed by atoms with E-state index in [0.717, 1.165) is 5.75 Å². The topological polar surface area (TPSA) is 70.8 Å². The molecule has 0 amide bonds. The fourth-order valence-electron chi connectivity index (χ4n) is 1.82. The summed E-state index contributed by atoms with van der Waals surface area (Å²) in [5, 5.41) is 0. The lowest BCUT2D eigenvalue weighted by atomic mass is 10.1. The fourth-order valence-corrected chi connectivity index (χ4v) is 1.82. The van der Waals surface area contributed by atoms with Crippen LogP contribution in [0.2, 0.25) is 0 Å². The van der Waals surface area contributed by atoms with Gasteiger partial charge in [-0.25, -0.2) is 4.79 Å². The van der Waals surface area contributed by atoms with Gasteiger partial charge in [-0.3, -0.25) is 0 Å². The molecule has 5 heteroatoms. The zero-order valence-corrected chi connectivity index (χ0v) is 12.0. The molecule has 0 aliphatic heterocycles. The summed E-state index contributed by atoms with van der Waals surface area (Å²) in [4.78, 5) is 11.6. The smallest absolute Gasteiger partial charge is 0.340 e. The maximum Gasteiger partial charge on any atom is 0.340 e. The van der Waals surface area contributed by atoms with Crippen LogP contribution in [0.4, 0.5) is 5.69 Å². The number of nitrogens with two attached hydrogens (primary N) is 1. The van der Waals surface area contributed by atoms with Crippen LogP contribution in [0.25, 0.3) is 0 Å². The molecule has 0 saturated heterocycles. The molecule has 0 spiro atoms. The molecule has 2 aromatic carbocycles. The summed E-state index contributed by atoms with van der Waals surface area (Å²) in [5.41, 5.74) is 6.46. The number of benzene rings is 2. The van der Waals surface area contributed by atoms with Crippen LogP contribution in [-0.2, 0) is 4.74 Å². The van der Waals surface area contributed by atoms with Gasteiger partial charge in [0.2, 0.25) is 0 Å². The normalized spacial score (nSPS) is 10.0. The summed E-state index contributed by atoms with van der Waals surface area (Å²) in [6.45, 7) is 2.53. The Kier molecular flexibility index (Phi) is 4.66. The monoisotopic (exact) mass is 287 g/mol. The van der Waals surface area contributed by atoms with Crippen molar-refractivity contribution >= 4 is 11.7 Å². The molecule has 2 N–H and O–H groups in total. The number of ether oxygens (including phenoxy) is 3. The van der Waals surface area contributed by atoms with E-state index in [9.17, 15) is 4.79 Å². The lowest BCUT2D eigenvalue weighted by molar-refractivity contribution is 0.0601. The second-order valence-electron chi connectivity index (χ2n) is 4.22. The summed E-state index contributed by atoms with van der Waals surface area (Å²) >= 11 is 0. The van der Waals surface area contributed by atoms with E-state index >= 15 is 0 Å². The highest BCUT2D eigenvalue weighted by Gasteiger charge is 2.14. The lowest BCUT2D eigenvalue weighted by Gasteiger charge is -2.11. The first-order valence-corrected chi connectivity index (χ1v) is 6.53. The van der Waals surface area contributed by atoms with Gasteiger partial charge in [0.15, 0.2) is 5.75 Å². The van der Waals surface area contributed by atoms with E-state index in [1.54, 1.807) is 42.5 Å². The van der Waals surface area contributed by atoms with Crippen molar-refractivity contribution in [3.63, 3.8) is 0 Å². The second kappa shape index (κ2) is 6.65. The molecule has 110 valence electrons. The zero-order valence-electron chi connectivity index (χ0n) is 12.0. The average Bonchev–Trinajstić information content (AvgIpc) is 2.51. The molecule has 2 aromatic rings. The summed E-state index contributed by atoms with van der Waals surface area (Å²) < 4.78 is 15.7. The molecule has 0 atom stereocenters. The number of hydrogen-bond donors (Lipinski definition) is 1. The lowest BCUT2D eigenvalue weighted by Crippen LogP contribution is -2.06. The molecule has 0 bridgehead atoms. The van der Waals surface area contributed by atoms with E-state index in [4.69, 9.17) is 15.2 Å². The molecule has 0 fully saturated rings. The summed E-state index contributed by atoms with van der Waals surface area (Å²) in [6.07, 6.45) is 0. The molecule has 0 aliphatic carbocycles. The quantitative estimate of drug-likeness (QED) is 0.675. The second-order valence-corrected chi connectivity index (χ2v) is 4.22. The third kappa shape index (κ3) is 3.45. The zero-order chi connectivity index (χ0) is 15.2. The maximum absolute atomic E-state index is 11.6. The number of esters is 1. The van der Waals surface area contributed by atoms with Crippen LogP contribution < -0.4 is 15.2 Å². The van der Waals surface area contributed by atoms with Crippen molar-refractivity contribution in [3.8, 4) is 17.2 Å². The Morgan fingerprint density at radius 1 is 1.10 bits per heavy atom. The van der Waals surface area contributed by atoms with Crippen molar-refractivity contribution in [2.24, 2.45) is 0 Å². The minimum absolute atomic E-state index is 0.248. The van der Waals surface area contributed by atoms with Gasteiger partial charge >= 0.3 is 5.97 Å². The van der Waals surface area contributed by atoms with E-state index in [1.807, 2.05) is 6.92 Å². The number of nitrogen functional groups attached to an aromatic ring is 1. The predicted octanol–water partition coefficient (Wildman–Crippen LogP) is 3.25. The average molecular weight is 287 g/mol. The molecule has 0 heterocycles. The van der Waals surface area contributed by atoms with Crippen molar-refractivity contribution in [3.05, 3.63) is 48.0 Å². The Morgan fingerprint density at radius 3 is 2.38 bits per heavy atom. The number of rotatable bonds is 5. The first-order chi connectivity index (χ1) is 10.2. The first kappa shape index (κ1) is 14.7. The van der Waals surface area contributed by atoms with Crippen LogP contribution in [0.3, 0.4) is 0 Å². The Balaban J connectivity index is 2.21. The largest absolute Gasteiger partial charge is 0.494 e. The standard InChI is InChI=1S/C16H17NO4/c1-3-20-11-7-9-12(10-8-11)21-14-6-4-5-13(15(14)17)16(18)19-2/h4-10H,3,17H2,1-2H3. The van der Waals surface area contributed by atoms with E-state index in [0.29, 0.717) is 18.1 Å². The number of hydrogen-bond acceptors (Lipinski definition) is 5. The third-order valence-electron chi connectivity index (χ3n) is 2.83. The Labute approximate surface area is 123 Å². The van der Waals surface area contributed by atoms with Crippen LogP contribution in [-0.4, -0.2) is 19.7 Å². The molecular weight excluding hydrogens is 270 g/mol. The van der Waals surface area contributed by atoms with E-state index in [2.05, 4.69) is 4.74 Å². The van der Waals surface area contributed by atoms with Gasteiger partial charge in [0.1, 0.15) is 11.5 Å². The summed E-state index contributed by atoms with van der Waals surface area (Å²) in [7, 11) is 1.31. The highest BCUT2D eigenvalue weighted by molar-refractivity contribution is 5.96. The molecule has 0 saturated carbocycles. The van der Waals surface area contributed by atoms with Crippen molar-refractivity contribution in [2.75, 3.05) is 19.5 Å². The summed E-state index contributed by atoms with van der Waals surface area (Å²) in [5.74, 6) is 1.28. The minimum Gasteiger partial charge on any atom is -0.494 e. The van der Waals surface area contributed by atoms with Crippen molar-refractivity contribution in [1.82, 2.24) is 0 Å². The van der Waals surface area contributed by atoms with E-state index in [1.165, 1.54) is 7.11 Å². The van der Waals surface area contributed by atoms with Gasteiger partial charge in [0, 0.05) is 0 Å². The molecule has 21 heavy (non-hydrogen) atoms. The van der Waals surface area contributed by atoms with Crippen LogP contribution >= 0.6 is 0 Å². The number of para-hydroxylation sites is 1. The molecule has 0 aliphatic rings. The van der Waals surface area contributed by atoms with Gasteiger partial charge in [-0.1, -0.05) is 6.07 Å². The van der Waals surface area contributed by atoms with Gasteiger partial charge in [-0.15, -0.1) is 0 Å². The molecule has 2 rings (SSSR count). The number of anilines is 1. The predicted molar refractivity (Wildman–Crippen MR) is 79.9 cm³/mol.